The first kappa shape index (κ1) is 23.4. The average molecular weight is 471 g/mol. The van der Waals surface area contributed by atoms with Gasteiger partial charge in [0.2, 0.25) is 0 Å². The lowest BCUT2D eigenvalue weighted by molar-refractivity contribution is 0.0762. The van der Waals surface area contributed by atoms with Crippen LogP contribution in [0.2, 0.25) is 5.02 Å². The zero-order chi connectivity index (χ0) is 23.1. The summed E-state index contributed by atoms with van der Waals surface area (Å²) in [4.78, 5) is 14.7. The molecule has 8 heteroatoms. The second kappa shape index (κ2) is 10.3. The van der Waals surface area contributed by atoms with Gasteiger partial charge >= 0.3 is 0 Å². The van der Waals surface area contributed by atoms with Crippen LogP contribution in [-0.2, 0) is 16.6 Å². The summed E-state index contributed by atoms with van der Waals surface area (Å²) in [5.74, 6) is 0.412. The maximum Gasteiger partial charge on any atom is 0.261 e. The molecule has 0 saturated heterocycles. The van der Waals surface area contributed by atoms with Crippen molar-refractivity contribution in [2.24, 2.45) is 0 Å². The Balaban J connectivity index is 1.84. The van der Waals surface area contributed by atoms with E-state index in [1.165, 1.54) is 18.2 Å². The predicted octanol–water partition coefficient (Wildman–Crippen LogP) is 4.98. The number of rotatable bonds is 9. The van der Waals surface area contributed by atoms with Gasteiger partial charge in [0.1, 0.15) is 5.75 Å². The summed E-state index contributed by atoms with van der Waals surface area (Å²) in [5, 5.41) is 0.278. The summed E-state index contributed by atoms with van der Waals surface area (Å²) in [7, 11) is -2.35. The van der Waals surface area contributed by atoms with E-state index in [0.29, 0.717) is 13.1 Å². The largest absolute Gasteiger partial charge is 0.497 e. The maximum atomic E-state index is 13.2. The van der Waals surface area contributed by atoms with Gasteiger partial charge in [-0.15, -0.1) is 6.58 Å². The van der Waals surface area contributed by atoms with Crippen molar-refractivity contribution in [1.29, 1.82) is 0 Å². The van der Waals surface area contributed by atoms with Gasteiger partial charge in [-0.05, 0) is 48.0 Å². The third-order valence-electron chi connectivity index (χ3n) is 4.68. The minimum atomic E-state index is -3.94. The van der Waals surface area contributed by atoms with Crippen LogP contribution in [0.15, 0.2) is 90.3 Å². The maximum absolute atomic E-state index is 13.2. The van der Waals surface area contributed by atoms with Crippen LogP contribution < -0.4 is 9.46 Å². The number of nitrogens with one attached hydrogen (secondary N) is 1. The topological polar surface area (TPSA) is 75.7 Å². The van der Waals surface area contributed by atoms with E-state index in [2.05, 4.69) is 11.3 Å². The van der Waals surface area contributed by atoms with Gasteiger partial charge in [-0.1, -0.05) is 48.0 Å². The van der Waals surface area contributed by atoms with Gasteiger partial charge in [0.25, 0.3) is 15.9 Å². The molecule has 166 valence electrons. The van der Waals surface area contributed by atoms with Crippen molar-refractivity contribution >= 4 is 33.2 Å². The minimum Gasteiger partial charge on any atom is -0.497 e. The lowest BCUT2D eigenvalue weighted by Gasteiger charge is -2.22. The van der Waals surface area contributed by atoms with E-state index in [-0.39, 0.29) is 27.1 Å². The summed E-state index contributed by atoms with van der Waals surface area (Å²) in [6.07, 6.45) is 1.63. The van der Waals surface area contributed by atoms with Gasteiger partial charge in [0.15, 0.2) is 0 Å². The van der Waals surface area contributed by atoms with Crippen molar-refractivity contribution < 1.29 is 17.9 Å². The number of nitrogens with zero attached hydrogens (tertiary/aromatic N) is 1. The molecule has 0 aliphatic heterocycles. The molecule has 1 amide bonds. The van der Waals surface area contributed by atoms with Crippen molar-refractivity contribution in [1.82, 2.24) is 4.90 Å². The van der Waals surface area contributed by atoms with Crippen LogP contribution in [-0.4, -0.2) is 32.9 Å². The molecule has 0 heterocycles. The van der Waals surface area contributed by atoms with Gasteiger partial charge < -0.3 is 9.64 Å². The number of carbonyl (C=O) groups excluding carboxylic acids is 1. The smallest absolute Gasteiger partial charge is 0.261 e. The molecule has 3 aromatic rings. The van der Waals surface area contributed by atoms with Crippen molar-refractivity contribution in [3.63, 3.8) is 0 Å². The van der Waals surface area contributed by atoms with E-state index in [4.69, 9.17) is 16.3 Å². The van der Waals surface area contributed by atoms with Crippen molar-refractivity contribution in [3.8, 4) is 5.75 Å². The van der Waals surface area contributed by atoms with E-state index in [1.807, 2.05) is 24.3 Å². The monoisotopic (exact) mass is 470 g/mol. The molecule has 0 spiro atoms. The van der Waals surface area contributed by atoms with Gasteiger partial charge in [-0.25, -0.2) is 8.42 Å². The Bertz CT molecular complexity index is 1210. The normalized spacial score (nSPS) is 10.9. The lowest BCUT2D eigenvalue weighted by Crippen LogP contribution is -2.31. The van der Waals surface area contributed by atoms with E-state index in [9.17, 15) is 13.2 Å². The molecule has 0 aromatic heterocycles. The first-order valence-corrected chi connectivity index (χ1v) is 11.6. The van der Waals surface area contributed by atoms with Crippen molar-refractivity contribution in [2.75, 3.05) is 18.4 Å². The van der Waals surface area contributed by atoms with Gasteiger partial charge in [0, 0.05) is 18.7 Å². The zero-order valence-electron chi connectivity index (χ0n) is 17.5. The number of para-hydroxylation sites is 1. The number of methoxy groups -OCH3 is 1. The van der Waals surface area contributed by atoms with E-state index >= 15 is 0 Å². The SMILES string of the molecule is C=CCN(Cc1ccc(OC)cc1)C(=O)c1cccc(S(=O)(=O)Nc2ccccc2Cl)c1. The molecule has 3 rings (SSSR count). The van der Waals surface area contributed by atoms with Gasteiger partial charge in [-0.2, -0.15) is 0 Å². The second-order valence-electron chi connectivity index (χ2n) is 6.94. The Morgan fingerprint density at radius 3 is 2.47 bits per heavy atom. The van der Waals surface area contributed by atoms with Gasteiger partial charge in [-0.3, -0.25) is 9.52 Å². The van der Waals surface area contributed by atoms with Crippen LogP contribution in [0.25, 0.3) is 0 Å². The van der Waals surface area contributed by atoms with Crippen LogP contribution in [0.1, 0.15) is 15.9 Å². The third kappa shape index (κ3) is 5.69. The highest BCUT2D eigenvalue weighted by Crippen LogP contribution is 2.24. The van der Waals surface area contributed by atoms with Crippen LogP contribution in [0, 0.1) is 0 Å². The fraction of sp³-hybridized carbons (Fsp3) is 0.125. The summed E-state index contributed by atoms with van der Waals surface area (Å²) in [6, 6.07) is 19.8. The molecular weight excluding hydrogens is 448 g/mol. The molecule has 0 radical (unpaired) electrons. The number of halogens is 1. The molecule has 0 fully saturated rings. The summed E-state index contributed by atoms with van der Waals surface area (Å²) in [6.45, 7) is 4.37. The molecular formula is C24H23ClN2O4S. The molecule has 0 aliphatic rings. The van der Waals surface area contributed by atoms with Crippen molar-refractivity contribution in [2.45, 2.75) is 11.4 Å². The van der Waals surface area contributed by atoms with E-state index in [1.54, 1.807) is 48.4 Å². The fourth-order valence-electron chi connectivity index (χ4n) is 3.05. The molecule has 6 nitrogen and oxygen atoms in total. The zero-order valence-corrected chi connectivity index (χ0v) is 19.1. The quantitative estimate of drug-likeness (QED) is 0.447. The number of benzene rings is 3. The number of hydrogen-bond acceptors (Lipinski definition) is 4. The Hall–Kier alpha value is -3.29. The standard InChI is InChI=1S/C24H23ClN2O4S/c1-3-15-27(17-18-11-13-20(31-2)14-12-18)24(28)19-7-6-8-21(16-19)32(29,30)26-23-10-5-4-9-22(23)25/h3-14,16,26H,1,15,17H2,2H3. The van der Waals surface area contributed by atoms with Crippen LogP contribution >= 0.6 is 11.6 Å². The average Bonchev–Trinajstić information content (AvgIpc) is 2.80. The molecule has 0 aliphatic carbocycles. The number of carbonyl (C=O) groups is 1. The predicted molar refractivity (Wildman–Crippen MR) is 127 cm³/mol. The molecule has 1 N–H and O–H groups in total. The summed E-state index contributed by atoms with van der Waals surface area (Å²) >= 11 is 6.07. The summed E-state index contributed by atoms with van der Waals surface area (Å²) in [5.41, 5.74) is 1.42. The Kier molecular flexibility index (Phi) is 7.56. The minimum absolute atomic E-state index is 0.0359. The molecule has 32 heavy (non-hydrogen) atoms. The number of anilines is 1. The van der Waals surface area contributed by atoms with Crippen LogP contribution in [0.4, 0.5) is 5.69 Å². The van der Waals surface area contributed by atoms with Crippen LogP contribution in [0.3, 0.4) is 0 Å². The summed E-state index contributed by atoms with van der Waals surface area (Å²) < 4.78 is 33.3. The Morgan fingerprint density at radius 2 is 1.81 bits per heavy atom. The fourth-order valence-corrected chi connectivity index (χ4v) is 4.42. The number of sulfonamides is 1. The van der Waals surface area contributed by atoms with Crippen molar-refractivity contribution in [3.05, 3.63) is 102 Å². The highest BCUT2D eigenvalue weighted by atomic mass is 35.5. The third-order valence-corrected chi connectivity index (χ3v) is 6.37. The molecule has 0 saturated carbocycles. The van der Waals surface area contributed by atoms with Crippen LogP contribution in [0.5, 0.6) is 5.75 Å². The number of hydrogen-bond donors (Lipinski definition) is 1. The Morgan fingerprint density at radius 1 is 1.09 bits per heavy atom. The molecule has 3 aromatic carbocycles. The molecule has 0 unspecified atom stereocenters. The van der Waals surface area contributed by atoms with E-state index in [0.717, 1.165) is 11.3 Å². The second-order valence-corrected chi connectivity index (χ2v) is 9.03. The number of ether oxygens (including phenoxy) is 1. The highest BCUT2D eigenvalue weighted by molar-refractivity contribution is 7.92. The van der Waals surface area contributed by atoms with Gasteiger partial charge in [0.05, 0.1) is 22.7 Å². The first-order valence-electron chi connectivity index (χ1n) is 9.74. The molecule has 0 bridgehead atoms. The Labute approximate surface area is 193 Å². The number of amides is 1. The molecule has 0 atom stereocenters. The van der Waals surface area contributed by atoms with E-state index < -0.39 is 10.0 Å². The highest BCUT2D eigenvalue weighted by Gasteiger charge is 2.20. The first-order chi connectivity index (χ1) is 15.3. The lowest BCUT2D eigenvalue weighted by atomic mass is 10.1.